The van der Waals surface area contributed by atoms with Gasteiger partial charge in [-0.15, -0.1) is 0 Å². The van der Waals surface area contributed by atoms with E-state index in [4.69, 9.17) is 14.5 Å². The first-order valence-electron chi connectivity index (χ1n) is 12.2. The van der Waals surface area contributed by atoms with Crippen LogP contribution in [0.1, 0.15) is 45.7 Å². The van der Waals surface area contributed by atoms with Gasteiger partial charge in [-0.3, -0.25) is 9.80 Å². The Morgan fingerprint density at radius 3 is 2.28 bits per heavy atom. The molecule has 0 aliphatic carbocycles. The topological polar surface area (TPSA) is 61.4 Å². The maximum Gasteiger partial charge on any atom is 0.191 e. The maximum absolute atomic E-state index is 5.85. The van der Waals surface area contributed by atoms with Gasteiger partial charge in [0.05, 0.1) is 32.0 Å². The van der Waals surface area contributed by atoms with Crippen LogP contribution in [0.4, 0.5) is 0 Å². The summed E-state index contributed by atoms with van der Waals surface area (Å²) in [5.41, 5.74) is 2.62. The summed E-state index contributed by atoms with van der Waals surface area (Å²) < 4.78 is 11.3. The van der Waals surface area contributed by atoms with E-state index in [1.807, 2.05) is 0 Å². The SMILES string of the molecule is CCNC(=NCc1ccc(CN2CC(C)OC(C)C2)cc1)NCC(C)(C)N1CCOCC1. The number of hydrogen-bond acceptors (Lipinski definition) is 5. The monoisotopic (exact) mass is 445 g/mol. The third-order valence-corrected chi connectivity index (χ3v) is 6.24. The summed E-state index contributed by atoms with van der Waals surface area (Å²) in [4.78, 5) is 9.79. The zero-order valence-corrected chi connectivity index (χ0v) is 20.7. The van der Waals surface area contributed by atoms with Crippen molar-refractivity contribution in [2.45, 2.75) is 65.5 Å². The predicted octanol–water partition coefficient (Wildman–Crippen LogP) is 2.46. The molecule has 2 unspecified atom stereocenters. The Labute approximate surface area is 194 Å². The molecule has 0 bridgehead atoms. The van der Waals surface area contributed by atoms with E-state index in [1.54, 1.807) is 0 Å². The summed E-state index contributed by atoms with van der Waals surface area (Å²) in [7, 11) is 0. The second-order valence-corrected chi connectivity index (χ2v) is 9.73. The van der Waals surface area contributed by atoms with Gasteiger partial charge < -0.3 is 20.1 Å². The van der Waals surface area contributed by atoms with E-state index in [2.05, 4.69) is 79.3 Å². The van der Waals surface area contributed by atoms with Crippen LogP contribution in [0.3, 0.4) is 0 Å². The summed E-state index contributed by atoms with van der Waals surface area (Å²) in [6.45, 7) is 19.9. The zero-order chi connectivity index (χ0) is 23.0. The number of ether oxygens (including phenoxy) is 2. The van der Waals surface area contributed by atoms with Crippen molar-refractivity contribution < 1.29 is 9.47 Å². The van der Waals surface area contributed by atoms with Crippen molar-refractivity contribution in [2.75, 3.05) is 52.5 Å². The number of aliphatic imine (C=N–C) groups is 1. The minimum atomic E-state index is 0.0517. The van der Waals surface area contributed by atoms with E-state index in [9.17, 15) is 0 Å². The number of guanidine groups is 1. The average Bonchev–Trinajstić information content (AvgIpc) is 2.76. The lowest BCUT2D eigenvalue weighted by atomic mass is 10.0. The van der Waals surface area contributed by atoms with E-state index in [-0.39, 0.29) is 5.54 Å². The molecule has 0 saturated carbocycles. The third-order valence-electron chi connectivity index (χ3n) is 6.24. The van der Waals surface area contributed by atoms with Crippen molar-refractivity contribution in [3.05, 3.63) is 35.4 Å². The molecule has 2 heterocycles. The molecular formula is C25H43N5O2. The molecule has 32 heavy (non-hydrogen) atoms. The fourth-order valence-electron chi connectivity index (χ4n) is 4.51. The van der Waals surface area contributed by atoms with Crippen molar-refractivity contribution in [1.82, 2.24) is 20.4 Å². The second-order valence-electron chi connectivity index (χ2n) is 9.73. The highest BCUT2D eigenvalue weighted by molar-refractivity contribution is 5.79. The molecular weight excluding hydrogens is 402 g/mol. The van der Waals surface area contributed by atoms with Gasteiger partial charge >= 0.3 is 0 Å². The zero-order valence-electron chi connectivity index (χ0n) is 20.7. The van der Waals surface area contributed by atoms with Crippen molar-refractivity contribution in [3.63, 3.8) is 0 Å². The first-order valence-corrected chi connectivity index (χ1v) is 12.2. The highest BCUT2D eigenvalue weighted by Gasteiger charge is 2.28. The van der Waals surface area contributed by atoms with Crippen LogP contribution < -0.4 is 10.6 Å². The van der Waals surface area contributed by atoms with Gasteiger partial charge in [0.15, 0.2) is 5.96 Å². The number of morpholine rings is 2. The minimum absolute atomic E-state index is 0.0517. The summed E-state index contributed by atoms with van der Waals surface area (Å²) in [6, 6.07) is 8.87. The van der Waals surface area contributed by atoms with E-state index < -0.39 is 0 Å². The van der Waals surface area contributed by atoms with Crippen molar-refractivity contribution in [2.24, 2.45) is 4.99 Å². The molecule has 1 aromatic carbocycles. The van der Waals surface area contributed by atoms with Crippen LogP contribution in [0.15, 0.2) is 29.3 Å². The molecule has 2 aliphatic rings. The maximum atomic E-state index is 5.85. The van der Waals surface area contributed by atoms with Gasteiger partial charge in [0, 0.05) is 51.4 Å². The van der Waals surface area contributed by atoms with Gasteiger partial charge in [-0.2, -0.15) is 0 Å². The first-order chi connectivity index (χ1) is 15.4. The lowest BCUT2D eigenvalue weighted by Gasteiger charge is -2.41. The van der Waals surface area contributed by atoms with E-state index in [0.29, 0.717) is 18.8 Å². The van der Waals surface area contributed by atoms with Crippen LogP contribution in [-0.2, 0) is 22.6 Å². The second kappa shape index (κ2) is 12.0. The summed E-state index contributed by atoms with van der Waals surface area (Å²) >= 11 is 0. The van der Waals surface area contributed by atoms with Crippen LogP contribution in [0, 0.1) is 0 Å². The van der Waals surface area contributed by atoms with Crippen LogP contribution in [-0.4, -0.2) is 86.0 Å². The Hall–Kier alpha value is -1.67. The van der Waals surface area contributed by atoms with Crippen molar-refractivity contribution >= 4 is 5.96 Å². The normalized spacial score (nSPS) is 23.8. The molecule has 2 aliphatic heterocycles. The number of hydrogen-bond donors (Lipinski definition) is 2. The van der Waals surface area contributed by atoms with Gasteiger partial charge in [-0.05, 0) is 45.7 Å². The molecule has 0 amide bonds. The van der Waals surface area contributed by atoms with Crippen LogP contribution in [0.5, 0.6) is 0 Å². The minimum Gasteiger partial charge on any atom is -0.379 e. The average molecular weight is 446 g/mol. The summed E-state index contributed by atoms with van der Waals surface area (Å²) in [5, 5.41) is 6.92. The van der Waals surface area contributed by atoms with Gasteiger partial charge in [0.1, 0.15) is 0 Å². The Morgan fingerprint density at radius 1 is 1.03 bits per heavy atom. The smallest absolute Gasteiger partial charge is 0.191 e. The molecule has 7 heteroatoms. The Balaban J connectivity index is 1.51. The lowest BCUT2D eigenvalue weighted by Crippen LogP contribution is -2.56. The number of nitrogens with zero attached hydrogens (tertiary/aromatic N) is 3. The fourth-order valence-corrected chi connectivity index (χ4v) is 4.51. The molecule has 2 atom stereocenters. The number of benzene rings is 1. The Kier molecular flexibility index (Phi) is 9.34. The highest BCUT2D eigenvalue weighted by Crippen LogP contribution is 2.16. The molecule has 0 aromatic heterocycles. The molecule has 0 spiro atoms. The van der Waals surface area contributed by atoms with Crippen LogP contribution in [0.25, 0.3) is 0 Å². The molecule has 2 saturated heterocycles. The van der Waals surface area contributed by atoms with Gasteiger partial charge in [-0.1, -0.05) is 24.3 Å². The fraction of sp³-hybridized carbons (Fsp3) is 0.720. The Morgan fingerprint density at radius 2 is 1.66 bits per heavy atom. The summed E-state index contributed by atoms with van der Waals surface area (Å²) in [6.07, 6.45) is 0.607. The Bertz CT molecular complexity index is 706. The molecule has 2 fully saturated rings. The molecule has 180 valence electrons. The first kappa shape index (κ1) is 25.0. The van der Waals surface area contributed by atoms with Crippen molar-refractivity contribution in [3.8, 4) is 0 Å². The van der Waals surface area contributed by atoms with Gasteiger partial charge in [0.2, 0.25) is 0 Å². The molecule has 2 N–H and O–H groups in total. The summed E-state index contributed by atoms with van der Waals surface area (Å²) in [5.74, 6) is 0.870. The van der Waals surface area contributed by atoms with Crippen LogP contribution in [0.2, 0.25) is 0 Å². The van der Waals surface area contributed by atoms with Gasteiger partial charge in [-0.25, -0.2) is 4.99 Å². The highest BCUT2D eigenvalue weighted by atomic mass is 16.5. The number of nitrogens with one attached hydrogen (secondary N) is 2. The quantitative estimate of drug-likeness (QED) is 0.474. The van der Waals surface area contributed by atoms with Gasteiger partial charge in [0.25, 0.3) is 0 Å². The molecule has 3 rings (SSSR count). The molecule has 7 nitrogen and oxygen atoms in total. The third kappa shape index (κ3) is 7.73. The van der Waals surface area contributed by atoms with E-state index >= 15 is 0 Å². The van der Waals surface area contributed by atoms with Crippen LogP contribution >= 0.6 is 0 Å². The lowest BCUT2D eigenvalue weighted by molar-refractivity contribution is -0.0704. The molecule has 1 aromatic rings. The predicted molar refractivity (Wildman–Crippen MR) is 131 cm³/mol. The largest absolute Gasteiger partial charge is 0.379 e. The van der Waals surface area contributed by atoms with E-state index in [1.165, 1.54) is 11.1 Å². The van der Waals surface area contributed by atoms with Crippen molar-refractivity contribution in [1.29, 1.82) is 0 Å². The standard InChI is InChI=1S/C25H43N5O2/c1-6-26-24(28-19-25(4,5)30-11-13-31-14-12-30)27-15-22-7-9-23(10-8-22)18-29-16-20(2)32-21(3)17-29/h7-10,20-21H,6,11-19H2,1-5H3,(H2,26,27,28). The van der Waals surface area contributed by atoms with E-state index in [0.717, 1.165) is 65.0 Å². The molecule has 0 radical (unpaired) electrons. The number of rotatable bonds is 8.